The Morgan fingerprint density at radius 1 is 0.970 bits per heavy atom. The summed E-state index contributed by atoms with van der Waals surface area (Å²) in [6.07, 6.45) is 6.32. The van der Waals surface area contributed by atoms with Gasteiger partial charge in [-0.3, -0.25) is 4.98 Å². The van der Waals surface area contributed by atoms with Crippen LogP contribution in [-0.2, 0) is 6.42 Å². The second-order valence-corrected chi connectivity index (χ2v) is 8.51. The van der Waals surface area contributed by atoms with Crippen LogP contribution in [0.3, 0.4) is 0 Å². The van der Waals surface area contributed by atoms with Crippen LogP contribution >= 0.6 is 0 Å². The number of aromatic nitrogens is 4. The zero-order valence-electron chi connectivity index (χ0n) is 18.5. The average Bonchev–Trinajstić information content (AvgIpc) is 3.44. The first-order chi connectivity index (χ1) is 16.2. The fraction of sp³-hybridized carbons (Fsp3) is 0.148. The van der Waals surface area contributed by atoms with Crippen molar-refractivity contribution in [3.05, 3.63) is 90.3 Å². The fourth-order valence-corrected chi connectivity index (χ4v) is 4.41. The first-order valence-electron chi connectivity index (χ1n) is 11.1. The minimum Gasteiger partial charge on any atom is -0.466 e. The smallest absolute Gasteiger partial charge is 0.139 e. The number of benzene rings is 1. The molecule has 0 radical (unpaired) electrons. The van der Waals surface area contributed by atoms with Crippen LogP contribution in [0.2, 0.25) is 0 Å². The molecule has 0 saturated carbocycles. The van der Waals surface area contributed by atoms with Gasteiger partial charge in [-0.25, -0.2) is 9.97 Å². The van der Waals surface area contributed by atoms with Crippen molar-refractivity contribution in [2.24, 2.45) is 0 Å². The van der Waals surface area contributed by atoms with Crippen LogP contribution in [0.5, 0.6) is 0 Å². The molecular formula is C27H23N5O. The molecule has 1 aliphatic heterocycles. The number of aromatic amines is 1. The second-order valence-electron chi connectivity index (χ2n) is 8.51. The van der Waals surface area contributed by atoms with E-state index >= 15 is 0 Å². The van der Waals surface area contributed by atoms with Crippen molar-refractivity contribution >= 4 is 11.5 Å². The van der Waals surface area contributed by atoms with E-state index in [4.69, 9.17) is 9.40 Å². The van der Waals surface area contributed by atoms with Crippen molar-refractivity contribution in [2.75, 3.05) is 5.32 Å². The van der Waals surface area contributed by atoms with E-state index in [1.807, 2.05) is 37.4 Å². The van der Waals surface area contributed by atoms with Gasteiger partial charge < -0.3 is 14.7 Å². The third-order valence-corrected chi connectivity index (χ3v) is 6.13. The molecule has 0 fully saturated rings. The number of nitrogens with zero attached hydrogens (tertiary/aromatic N) is 3. The highest BCUT2D eigenvalue weighted by atomic mass is 16.3. The number of imidazole rings is 1. The molecule has 162 valence electrons. The monoisotopic (exact) mass is 433 g/mol. The number of rotatable bonds is 4. The van der Waals surface area contributed by atoms with Crippen molar-refractivity contribution in [1.82, 2.24) is 19.9 Å². The number of anilines is 2. The normalized spacial score (nSPS) is 12.8. The molecule has 0 spiro atoms. The highest BCUT2D eigenvalue weighted by Crippen LogP contribution is 2.42. The van der Waals surface area contributed by atoms with Crippen LogP contribution in [0.1, 0.15) is 29.9 Å². The van der Waals surface area contributed by atoms with Gasteiger partial charge >= 0.3 is 0 Å². The summed E-state index contributed by atoms with van der Waals surface area (Å²) < 4.78 is 5.80. The van der Waals surface area contributed by atoms with Gasteiger partial charge in [0.2, 0.25) is 0 Å². The van der Waals surface area contributed by atoms with Crippen LogP contribution in [-0.4, -0.2) is 19.9 Å². The Hall–Kier alpha value is -4.19. The Morgan fingerprint density at radius 3 is 2.67 bits per heavy atom. The van der Waals surface area contributed by atoms with E-state index in [9.17, 15) is 0 Å². The summed E-state index contributed by atoms with van der Waals surface area (Å²) in [7, 11) is 0. The maximum absolute atomic E-state index is 5.80. The molecule has 5 heterocycles. The van der Waals surface area contributed by atoms with Gasteiger partial charge in [-0.2, -0.15) is 0 Å². The van der Waals surface area contributed by atoms with Crippen molar-refractivity contribution in [1.29, 1.82) is 0 Å². The summed E-state index contributed by atoms with van der Waals surface area (Å²) in [5.74, 6) is 3.92. The van der Waals surface area contributed by atoms with E-state index in [0.717, 1.165) is 63.3 Å². The molecule has 1 unspecified atom stereocenters. The molecule has 1 atom stereocenters. The molecule has 5 aromatic rings. The van der Waals surface area contributed by atoms with Crippen molar-refractivity contribution in [2.45, 2.75) is 26.2 Å². The van der Waals surface area contributed by atoms with E-state index in [1.165, 1.54) is 5.56 Å². The maximum atomic E-state index is 5.80. The molecule has 0 bridgehead atoms. The molecular weight excluding hydrogens is 410 g/mol. The predicted octanol–water partition coefficient (Wildman–Crippen LogP) is 6.51. The Labute approximate surface area is 191 Å². The molecule has 0 saturated heterocycles. The molecule has 0 amide bonds. The van der Waals surface area contributed by atoms with Crippen molar-refractivity contribution in [3.8, 4) is 33.9 Å². The quantitative estimate of drug-likeness (QED) is 0.331. The van der Waals surface area contributed by atoms with E-state index in [0.29, 0.717) is 5.92 Å². The Morgan fingerprint density at radius 2 is 1.85 bits per heavy atom. The lowest BCUT2D eigenvalue weighted by atomic mass is 9.98. The molecule has 33 heavy (non-hydrogen) atoms. The van der Waals surface area contributed by atoms with Gasteiger partial charge in [-0.1, -0.05) is 31.2 Å². The summed E-state index contributed by atoms with van der Waals surface area (Å²) in [5.41, 5.74) is 7.06. The minimum atomic E-state index is 0.325. The number of nitrogens with one attached hydrogen (secondary N) is 2. The number of H-pyrrole nitrogens is 1. The SMILES string of the molecule is Cc1ccc(C(C)Cc2ccc(-c3nc4c([nH]3)-c3ccncc3Nc3ncccc3-4)cc2)o1. The average molecular weight is 434 g/mol. The van der Waals surface area contributed by atoms with Gasteiger partial charge in [0.05, 0.1) is 17.6 Å². The summed E-state index contributed by atoms with van der Waals surface area (Å²) >= 11 is 0. The lowest BCUT2D eigenvalue weighted by Crippen LogP contribution is -1.97. The zero-order chi connectivity index (χ0) is 22.4. The van der Waals surface area contributed by atoms with Crippen LogP contribution in [0.4, 0.5) is 11.5 Å². The van der Waals surface area contributed by atoms with Crippen molar-refractivity contribution in [3.63, 3.8) is 0 Å². The third-order valence-electron chi connectivity index (χ3n) is 6.13. The Kier molecular flexibility index (Phi) is 4.57. The van der Waals surface area contributed by atoms with Crippen LogP contribution in [0.15, 0.2) is 77.6 Å². The fourth-order valence-electron chi connectivity index (χ4n) is 4.41. The number of hydrogen-bond acceptors (Lipinski definition) is 5. The highest BCUT2D eigenvalue weighted by molar-refractivity contribution is 5.95. The van der Waals surface area contributed by atoms with Crippen LogP contribution in [0, 0.1) is 6.92 Å². The Balaban J connectivity index is 1.35. The van der Waals surface area contributed by atoms with Gasteiger partial charge in [0.1, 0.15) is 28.9 Å². The summed E-state index contributed by atoms with van der Waals surface area (Å²) in [5, 5.41) is 3.39. The summed E-state index contributed by atoms with van der Waals surface area (Å²) in [4.78, 5) is 17.3. The van der Waals surface area contributed by atoms with Gasteiger partial charge in [-0.15, -0.1) is 0 Å². The van der Waals surface area contributed by atoms with Gasteiger partial charge in [-0.05, 0) is 49.2 Å². The van der Waals surface area contributed by atoms with Gasteiger partial charge in [0.15, 0.2) is 0 Å². The summed E-state index contributed by atoms with van der Waals surface area (Å²) in [6.45, 7) is 4.18. The van der Waals surface area contributed by atoms with E-state index in [-0.39, 0.29) is 0 Å². The van der Waals surface area contributed by atoms with E-state index < -0.39 is 0 Å². The van der Waals surface area contributed by atoms with Crippen molar-refractivity contribution < 1.29 is 4.42 Å². The first kappa shape index (κ1) is 19.5. The van der Waals surface area contributed by atoms with Crippen LogP contribution in [0.25, 0.3) is 33.9 Å². The standard InChI is InChI=1S/C27H23N5O/c1-16(23-10-5-17(2)33-23)14-18-6-8-19(9-7-18)26-31-24-20-11-13-28-15-22(20)30-27-21(25(24)32-26)4-3-12-29-27/h3-13,15-16H,14H2,1-2H3,(H,29,30)(H,31,32). The van der Waals surface area contributed by atoms with Gasteiger partial charge in [0.25, 0.3) is 0 Å². The van der Waals surface area contributed by atoms with Crippen LogP contribution < -0.4 is 5.32 Å². The minimum absolute atomic E-state index is 0.325. The molecule has 6 rings (SSSR count). The molecule has 6 heteroatoms. The highest BCUT2D eigenvalue weighted by Gasteiger charge is 2.24. The molecule has 4 aromatic heterocycles. The number of fused-ring (bicyclic) bond motifs is 5. The molecule has 1 aromatic carbocycles. The largest absolute Gasteiger partial charge is 0.466 e. The zero-order valence-corrected chi connectivity index (χ0v) is 18.5. The first-order valence-corrected chi connectivity index (χ1v) is 11.1. The number of furan rings is 1. The van der Waals surface area contributed by atoms with Gasteiger partial charge in [0, 0.05) is 35.0 Å². The third kappa shape index (κ3) is 3.49. The lowest BCUT2D eigenvalue weighted by Gasteiger charge is -2.09. The predicted molar refractivity (Wildman–Crippen MR) is 129 cm³/mol. The molecule has 6 nitrogen and oxygen atoms in total. The number of pyridine rings is 2. The topological polar surface area (TPSA) is 79.6 Å². The Bertz CT molecular complexity index is 1380. The molecule has 2 N–H and O–H groups in total. The molecule has 1 aliphatic rings. The van der Waals surface area contributed by atoms with E-state index in [2.05, 4.69) is 57.5 Å². The number of hydrogen-bond donors (Lipinski definition) is 2. The number of aryl methyl sites for hydroxylation is 1. The van der Waals surface area contributed by atoms with E-state index in [1.54, 1.807) is 12.4 Å². The lowest BCUT2D eigenvalue weighted by molar-refractivity contribution is 0.452. The second kappa shape index (κ2) is 7.74. The molecule has 0 aliphatic carbocycles. The summed E-state index contributed by atoms with van der Waals surface area (Å²) in [6, 6.07) is 18.7. The maximum Gasteiger partial charge on any atom is 0.139 e.